The number of amides is 2. The molecule has 0 heterocycles. The van der Waals surface area contributed by atoms with Crippen LogP contribution in [0.2, 0.25) is 0 Å². The lowest BCUT2D eigenvalue weighted by Crippen LogP contribution is -2.45. The van der Waals surface area contributed by atoms with Gasteiger partial charge in [-0.3, -0.25) is 4.79 Å². The fraction of sp³-hybridized carbons (Fsp3) is 0.692. The first-order valence-electron chi connectivity index (χ1n) is 6.32. The highest BCUT2D eigenvalue weighted by Gasteiger charge is 2.30. The van der Waals surface area contributed by atoms with E-state index in [0.717, 1.165) is 12.8 Å². The molecule has 0 saturated heterocycles. The number of aliphatic carboxylic acids is 1. The smallest absolute Gasteiger partial charge is 0.315 e. The van der Waals surface area contributed by atoms with Crippen LogP contribution in [0, 0.1) is 18.3 Å². The quantitative estimate of drug-likeness (QED) is 0.646. The van der Waals surface area contributed by atoms with Gasteiger partial charge in [0.2, 0.25) is 0 Å². The topological polar surface area (TPSA) is 78.4 Å². The third-order valence-electron chi connectivity index (χ3n) is 3.20. The molecule has 0 bridgehead atoms. The number of hydrogen-bond acceptors (Lipinski definition) is 2. The summed E-state index contributed by atoms with van der Waals surface area (Å²) in [6.45, 7) is 2.00. The van der Waals surface area contributed by atoms with Crippen molar-refractivity contribution in [3.8, 4) is 12.3 Å². The highest BCUT2D eigenvalue weighted by Crippen LogP contribution is 2.25. The molecule has 3 atom stereocenters. The summed E-state index contributed by atoms with van der Waals surface area (Å²) in [5.41, 5.74) is 0. The summed E-state index contributed by atoms with van der Waals surface area (Å²) < 4.78 is 0. The molecular formula is C13H20N2O3. The predicted octanol–water partition coefficient (Wildman–Crippen LogP) is 1.34. The number of nitrogens with one attached hydrogen (secondary N) is 2. The minimum atomic E-state index is -0.785. The van der Waals surface area contributed by atoms with E-state index in [0.29, 0.717) is 19.3 Å². The van der Waals surface area contributed by atoms with E-state index in [4.69, 9.17) is 11.5 Å². The maximum absolute atomic E-state index is 11.7. The van der Waals surface area contributed by atoms with E-state index in [1.54, 1.807) is 0 Å². The van der Waals surface area contributed by atoms with Crippen molar-refractivity contribution < 1.29 is 14.7 Å². The Bertz CT molecular complexity index is 349. The first-order chi connectivity index (χ1) is 8.56. The largest absolute Gasteiger partial charge is 0.481 e. The number of carbonyl (C=O) groups is 2. The summed E-state index contributed by atoms with van der Waals surface area (Å²) in [4.78, 5) is 22.4. The molecule has 0 aromatic carbocycles. The monoisotopic (exact) mass is 252 g/mol. The second-order valence-corrected chi connectivity index (χ2v) is 4.67. The van der Waals surface area contributed by atoms with Crippen LogP contribution < -0.4 is 10.6 Å². The van der Waals surface area contributed by atoms with E-state index in [1.165, 1.54) is 0 Å². The molecule has 2 amide bonds. The number of rotatable bonds is 5. The summed E-state index contributed by atoms with van der Waals surface area (Å²) in [6.07, 6.45) is 8.78. The number of carbonyl (C=O) groups excluding carboxylic acids is 1. The van der Waals surface area contributed by atoms with Crippen molar-refractivity contribution in [3.05, 3.63) is 0 Å². The van der Waals surface area contributed by atoms with Crippen LogP contribution in [0.25, 0.3) is 0 Å². The molecule has 3 N–H and O–H groups in total. The van der Waals surface area contributed by atoms with Gasteiger partial charge in [-0.1, -0.05) is 19.3 Å². The zero-order chi connectivity index (χ0) is 13.5. The Morgan fingerprint density at radius 2 is 2.22 bits per heavy atom. The zero-order valence-electron chi connectivity index (χ0n) is 10.6. The van der Waals surface area contributed by atoms with E-state index in [9.17, 15) is 9.59 Å². The van der Waals surface area contributed by atoms with Gasteiger partial charge in [0.05, 0.1) is 12.0 Å². The standard InChI is InChI=1S/C13H20N2O3/c1-3-5-10(4-2)14-13(18)15-11-7-6-9(8-11)12(16)17/h2,9-11H,3,5-8H2,1H3,(H,16,17)(H2,14,15,18). The second kappa shape index (κ2) is 6.90. The molecule has 0 spiro atoms. The molecule has 1 saturated carbocycles. The highest BCUT2D eigenvalue weighted by molar-refractivity contribution is 5.75. The minimum Gasteiger partial charge on any atom is -0.481 e. The summed E-state index contributed by atoms with van der Waals surface area (Å²) in [5.74, 6) is 1.40. The van der Waals surface area contributed by atoms with E-state index in [2.05, 4.69) is 16.6 Å². The van der Waals surface area contributed by atoms with Crippen LogP contribution in [-0.4, -0.2) is 29.2 Å². The summed E-state index contributed by atoms with van der Waals surface area (Å²) in [6, 6.07) is -0.625. The summed E-state index contributed by atoms with van der Waals surface area (Å²) in [5, 5.41) is 14.3. The molecule has 5 nitrogen and oxygen atoms in total. The predicted molar refractivity (Wildman–Crippen MR) is 68.0 cm³/mol. The van der Waals surface area contributed by atoms with Crippen LogP contribution >= 0.6 is 0 Å². The Morgan fingerprint density at radius 1 is 1.50 bits per heavy atom. The van der Waals surface area contributed by atoms with Crippen molar-refractivity contribution in [2.24, 2.45) is 5.92 Å². The van der Waals surface area contributed by atoms with Gasteiger partial charge in [0.15, 0.2) is 0 Å². The van der Waals surface area contributed by atoms with Crippen LogP contribution in [0.5, 0.6) is 0 Å². The van der Waals surface area contributed by atoms with Gasteiger partial charge in [0.25, 0.3) is 0 Å². The van der Waals surface area contributed by atoms with Crippen molar-refractivity contribution in [2.45, 2.75) is 51.1 Å². The van der Waals surface area contributed by atoms with Gasteiger partial charge in [-0.15, -0.1) is 6.42 Å². The first kappa shape index (κ1) is 14.4. The van der Waals surface area contributed by atoms with Gasteiger partial charge >= 0.3 is 12.0 Å². The molecule has 3 unspecified atom stereocenters. The third-order valence-corrected chi connectivity index (χ3v) is 3.20. The normalized spacial score (nSPS) is 24.0. The molecule has 0 radical (unpaired) electrons. The number of carboxylic acid groups (broad SMARTS) is 1. The van der Waals surface area contributed by atoms with Crippen molar-refractivity contribution in [2.75, 3.05) is 0 Å². The average molecular weight is 252 g/mol. The Kier molecular flexibility index (Phi) is 5.50. The SMILES string of the molecule is C#CC(CCC)NC(=O)NC1CCC(C(=O)O)C1. The van der Waals surface area contributed by atoms with Gasteiger partial charge < -0.3 is 15.7 Å². The molecule has 1 aliphatic rings. The van der Waals surface area contributed by atoms with Gasteiger partial charge in [-0.25, -0.2) is 4.79 Å². The number of urea groups is 1. The van der Waals surface area contributed by atoms with Crippen LogP contribution in [0.3, 0.4) is 0 Å². The van der Waals surface area contributed by atoms with Crippen LogP contribution in [0.1, 0.15) is 39.0 Å². The van der Waals surface area contributed by atoms with Gasteiger partial charge in [-0.2, -0.15) is 0 Å². The Balaban J connectivity index is 2.33. The minimum absolute atomic E-state index is 0.0637. The maximum Gasteiger partial charge on any atom is 0.315 e. The molecule has 1 aliphatic carbocycles. The number of carboxylic acids is 1. The first-order valence-corrected chi connectivity index (χ1v) is 6.32. The van der Waals surface area contributed by atoms with Crippen LogP contribution in [-0.2, 0) is 4.79 Å². The van der Waals surface area contributed by atoms with Crippen LogP contribution in [0.15, 0.2) is 0 Å². The fourth-order valence-corrected chi connectivity index (χ4v) is 2.21. The Morgan fingerprint density at radius 3 is 2.72 bits per heavy atom. The van der Waals surface area contributed by atoms with Crippen LogP contribution in [0.4, 0.5) is 4.79 Å². The molecule has 1 fully saturated rings. The molecule has 100 valence electrons. The number of hydrogen-bond donors (Lipinski definition) is 3. The molecule has 0 aromatic heterocycles. The Hall–Kier alpha value is -1.70. The van der Waals surface area contributed by atoms with E-state index < -0.39 is 5.97 Å². The van der Waals surface area contributed by atoms with Crippen molar-refractivity contribution >= 4 is 12.0 Å². The summed E-state index contributed by atoms with van der Waals surface area (Å²) >= 11 is 0. The van der Waals surface area contributed by atoms with Crippen molar-refractivity contribution in [1.82, 2.24) is 10.6 Å². The van der Waals surface area contributed by atoms with E-state index >= 15 is 0 Å². The van der Waals surface area contributed by atoms with Gasteiger partial charge in [-0.05, 0) is 25.7 Å². The van der Waals surface area contributed by atoms with Gasteiger partial charge in [0, 0.05) is 6.04 Å². The van der Waals surface area contributed by atoms with Gasteiger partial charge in [0.1, 0.15) is 0 Å². The van der Waals surface area contributed by atoms with E-state index in [-0.39, 0.29) is 24.0 Å². The fourth-order valence-electron chi connectivity index (χ4n) is 2.21. The zero-order valence-corrected chi connectivity index (χ0v) is 10.6. The number of terminal acetylenes is 1. The molecule has 0 aliphatic heterocycles. The highest BCUT2D eigenvalue weighted by atomic mass is 16.4. The lowest BCUT2D eigenvalue weighted by Gasteiger charge is -2.16. The lowest BCUT2D eigenvalue weighted by atomic mass is 10.1. The lowest BCUT2D eigenvalue weighted by molar-refractivity contribution is -0.141. The molecule has 18 heavy (non-hydrogen) atoms. The molecule has 5 heteroatoms. The maximum atomic E-state index is 11.7. The molecule has 0 aromatic rings. The average Bonchev–Trinajstić information content (AvgIpc) is 2.77. The molecular weight excluding hydrogens is 232 g/mol. The third kappa shape index (κ3) is 4.28. The Labute approximate surface area is 107 Å². The van der Waals surface area contributed by atoms with Crippen molar-refractivity contribution in [3.63, 3.8) is 0 Å². The van der Waals surface area contributed by atoms with Crippen molar-refractivity contribution in [1.29, 1.82) is 0 Å². The second-order valence-electron chi connectivity index (χ2n) is 4.67. The summed E-state index contributed by atoms with van der Waals surface area (Å²) in [7, 11) is 0. The van der Waals surface area contributed by atoms with E-state index in [1.807, 2.05) is 6.92 Å². The molecule has 1 rings (SSSR count).